The number of Topliss-reactive ketones (excluding diaryl/α,β-unsaturated/α-hetero) is 1. The van der Waals surface area contributed by atoms with Crippen LogP contribution in [0.15, 0.2) is 60.8 Å². The molecule has 0 aliphatic rings. The average molecular weight is 320 g/mol. The summed E-state index contributed by atoms with van der Waals surface area (Å²) in [5, 5.41) is 4.26. The second-order valence-corrected chi connectivity index (χ2v) is 5.36. The molecule has 5 heteroatoms. The number of para-hydroxylation sites is 1. The van der Waals surface area contributed by atoms with Crippen molar-refractivity contribution in [3.63, 3.8) is 0 Å². The molecule has 0 bridgehead atoms. The topological polar surface area (TPSA) is 61.2 Å². The lowest BCUT2D eigenvalue weighted by atomic mass is 10.1. The fraction of sp³-hybridized carbons (Fsp3) is 0.105. The second kappa shape index (κ2) is 6.50. The lowest BCUT2D eigenvalue weighted by molar-refractivity contribution is 0.0733. The molecular formula is C19H16N2O3. The van der Waals surface area contributed by atoms with Crippen LogP contribution in [0.4, 0.5) is 0 Å². The molecule has 3 rings (SSSR count). The fourth-order valence-corrected chi connectivity index (χ4v) is 2.38. The number of rotatable bonds is 4. The highest BCUT2D eigenvalue weighted by molar-refractivity contribution is 5.95. The van der Waals surface area contributed by atoms with Crippen LogP contribution in [0.25, 0.3) is 5.69 Å². The van der Waals surface area contributed by atoms with Gasteiger partial charge < -0.3 is 4.74 Å². The van der Waals surface area contributed by atoms with Crippen molar-refractivity contribution in [1.82, 2.24) is 9.78 Å². The number of carbonyl (C=O) groups is 2. The number of aromatic nitrogens is 2. The Bertz CT molecular complexity index is 898. The molecule has 0 saturated heterocycles. The van der Waals surface area contributed by atoms with Gasteiger partial charge in [0.05, 0.1) is 17.6 Å². The van der Waals surface area contributed by atoms with Crippen LogP contribution in [0.5, 0.6) is 5.75 Å². The van der Waals surface area contributed by atoms with E-state index in [9.17, 15) is 9.59 Å². The van der Waals surface area contributed by atoms with Crippen LogP contribution in [0.2, 0.25) is 0 Å². The Kier molecular flexibility index (Phi) is 4.24. The lowest BCUT2D eigenvalue weighted by Crippen LogP contribution is -2.10. The molecule has 1 heterocycles. The molecule has 120 valence electrons. The Morgan fingerprint density at radius 3 is 2.50 bits per heavy atom. The number of carbonyl (C=O) groups excluding carboxylic acids is 2. The predicted octanol–water partition coefficient (Wildman–Crippen LogP) is 3.60. The summed E-state index contributed by atoms with van der Waals surface area (Å²) in [5.41, 5.74) is 2.44. The van der Waals surface area contributed by atoms with Gasteiger partial charge in [-0.2, -0.15) is 5.10 Å². The van der Waals surface area contributed by atoms with Gasteiger partial charge in [-0.25, -0.2) is 9.48 Å². The number of ether oxygens (including phenoxy) is 1. The number of hydrogen-bond donors (Lipinski definition) is 0. The van der Waals surface area contributed by atoms with E-state index in [1.807, 2.05) is 37.3 Å². The third kappa shape index (κ3) is 3.10. The van der Waals surface area contributed by atoms with Crippen molar-refractivity contribution >= 4 is 11.8 Å². The maximum Gasteiger partial charge on any atom is 0.347 e. The van der Waals surface area contributed by atoms with E-state index in [1.165, 1.54) is 13.1 Å². The molecule has 0 unspecified atom stereocenters. The monoisotopic (exact) mass is 320 g/mol. The van der Waals surface area contributed by atoms with Gasteiger partial charge in [0.25, 0.3) is 0 Å². The number of nitrogens with zero attached hydrogens (tertiary/aromatic N) is 2. The van der Waals surface area contributed by atoms with E-state index in [4.69, 9.17) is 4.74 Å². The number of benzene rings is 2. The van der Waals surface area contributed by atoms with Crippen LogP contribution in [-0.2, 0) is 0 Å². The zero-order valence-corrected chi connectivity index (χ0v) is 13.4. The third-order valence-electron chi connectivity index (χ3n) is 3.68. The van der Waals surface area contributed by atoms with E-state index in [2.05, 4.69) is 5.10 Å². The summed E-state index contributed by atoms with van der Waals surface area (Å²) in [6.07, 6.45) is 1.49. The molecule has 5 nitrogen and oxygen atoms in total. The van der Waals surface area contributed by atoms with Crippen LogP contribution < -0.4 is 4.74 Å². The van der Waals surface area contributed by atoms with E-state index in [1.54, 1.807) is 28.9 Å². The summed E-state index contributed by atoms with van der Waals surface area (Å²) in [7, 11) is 0. The number of ketones is 1. The standard InChI is InChI=1S/C19H16N2O3/c1-13-18(12-20-21(13)16-8-4-3-5-9-16)19(23)24-17-10-6-7-15(11-17)14(2)22/h3-12H,1-2H3. The SMILES string of the molecule is CC(=O)c1cccc(OC(=O)c2cnn(-c3ccccc3)c2C)c1. The first-order chi connectivity index (χ1) is 11.6. The first-order valence-electron chi connectivity index (χ1n) is 7.49. The molecule has 2 aromatic carbocycles. The van der Waals surface area contributed by atoms with Gasteiger partial charge in [-0.05, 0) is 38.1 Å². The highest BCUT2D eigenvalue weighted by Gasteiger charge is 2.17. The Balaban J connectivity index is 1.85. The van der Waals surface area contributed by atoms with Crippen LogP contribution in [0.3, 0.4) is 0 Å². The van der Waals surface area contributed by atoms with E-state index < -0.39 is 5.97 Å². The molecule has 1 aromatic heterocycles. The minimum Gasteiger partial charge on any atom is -0.423 e. The molecule has 0 saturated carbocycles. The minimum atomic E-state index is -0.504. The van der Waals surface area contributed by atoms with Crippen LogP contribution in [0, 0.1) is 6.92 Å². The molecule has 0 amide bonds. The Morgan fingerprint density at radius 1 is 1.04 bits per heavy atom. The summed E-state index contributed by atoms with van der Waals surface area (Å²) in [6, 6.07) is 16.1. The molecule has 0 radical (unpaired) electrons. The Hall–Kier alpha value is -3.21. The van der Waals surface area contributed by atoms with Gasteiger partial charge in [-0.3, -0.25) is 4.79 Å². The van der Waals surface area contributed by atoms with E-state index in [0.717, 1.165) is 5.69 Å². The molecule has 3 aromatic rings. The summed E-state index contributed by atoms with van der Waals surface area (Å²) in [6.45, 7) is 3.28. The molecular weight excluding hydrogens is 304 g/mol. The summed E-state index contributed by atoms with van der Waals surface area (Å²) in [4.78, 5) is 23.8. The molecule has 0 fully saturated rings. The molecule has 0 aliphatic heterocycles. The molecule has 0 atom stereocenters. The highest BCUT2D eigenvalue weighted by Crippen LogP contribution is 2.18. The van der Waals surface area contributed by atoms with Gasteiger partial charge >= 0.3 is 5.97 Å². The van der Waals surface area contributed by atoms with Crippen molar-refractivity contribution in [2.75, 3.05) is 0 Å². The third-order valence-corrected chi connectivity index (χ3v) is 3.68. The van der Waals surface area contributed by atoms with Gasteiger partial charge in [0.15, 0.2) is 5.78 Å². The van der Waals surface area contributed by atoms with Crippen molar-refractivity contribution in [3.8, 4) is 11.4 Å². The number of hydrogen-bond acceptors (Lipinski definition) is 4. The highest BCUT2D eigenvalue weighted by atomic mass is 16.5. The van der Waals surface area contributed by atoms with E-state index in [0.29, 0.717) is 22.6 Å². The lowest BCUT2D eigenvalue weighted by Gasteiger charge is -2.06. The van der Waals surface area contributed by atoms with Crippen molar-refractivity contribution in [2.24, 2.45) is 0 Å². The van der Waals surface area contributed by atoms with Crippen LogP contribution in [-0.4, -0.2) is 21.5 Å². The normalized spacial score (nSPS) is 10.4. The first kappa shape index (κ1) is 15.7. The fourth-order valence-electron chi connectivity index (χ4n) is 2.38. The summed E-state index contributed by atoms with van der Waals surface area (Å²) >= 11 is 0. The molecule has 0 aliphatic carbocycles. The van der Waals surface area contributed by atoms with Crippen molar-refractivity contribution < 1.29 is 14.3 Å². The molecule has 24 heavy (non-hydrogen) atoms. The molecule has 0 N–H and O–H groups in total. The van der Waals surface area contributed by atoms with Gasteiger partial charge in [-0.1, -0.05) is 30.3 Å². The number of esters is 1. The quantitative estimate of drug-likeness (QED) is 0.418. The largest absolute Gasteiger partial charge is 0.423 e. The van der Waals surface area contributed by atoms with E-state index >= 15 is 0 Å². The van der Waals surface area contributed by atoms with Gasteiger partial charge in [-0.15, -0.1) is 0 Å². The summed E-state index contributed by atoms with van der Waals surface area (Å²) in [5.74, 6) is -0.254. The van der Waals surface area contributed by atoms with Gasteiger partial charge in [0, 0.05) is 5.56 Å². The summed E-state index contributed by atoms with van der Waals surface area (Å²) < 4.78 is 7.06. The Labute approximate surface area is 139 Å². The zero-order valence-electron chi connectivity index (χ0n) is 13.4. The average Bonchev–Trinajstić information content (AvgIpc) is 2.97. The minimum absolute atomic E-state index is 0.0824. The van der Waals surface area contributed by atoms with E-state index in [-0.39, 0.29) is 5.78 Å². The smallest absolute Gasteiger partial charge is 0.347 e. The first-order valence-corrected chi connectivity index (χ1v) is 7.49. The maximum absolute atomic E-state index is 12.4. The van der Waals surface area contributed by atoms with Crippen molar-refractivity contribution in [3.05, 3.63) is 77.6 Å². The van der Waals surface area contributed by atoms with Crippen molar-refractivity contribution in [2.45, 2.75) is 13.8 Å². The second-order valence-electron chi connectivity index (χ2n) is 5.36. The van der Waals surface area contributed by atoms with Gasteiger partial charge in [0.1, 0.15) is 11.3 Å². The van der Waals surface area contributed by atoms with Crippen LogP contribution in [0.1, 0.15) is 33.3 Å². The maximum atomic E-state index is 12.4. The predicted molar refractivity (Wildman–Crippen MR) is 89.7 cm³/mol. The zero-order chi connectivity index (χ0) is 17.1. The van der Waals surface area contributed by atoms with Crippen molar-refractivity contribution in [1.29, 1.82) is 0 Å². The van der Waals surface area contributed by atoms with Crippen LogP contribution >= 0.6 is 0 Å². The Morgan fingerprint density at radius 2 is 1.79 bits per heavy atom. The molecule has 0 spiro atoms. The van der Waals surface area contributed by atoms with Gasteiger partial charge in [0.2, 0.25) is 0 Å².